The monoisotopic (exact) mass is 177 g/mol. The molecule has 68 valence electrons. The zero-order valence-corrected chi connectivity index (χ0v) is 7.53. The van der Waals surface area contributed by atoms with Crippen molar-refractivity contribution >= 4 is 11.7 Å². The number of anilines is 1. The fraction of sp³-hybridized carbons (Fsp3) is 0.444. The first-order chi connectivity index (χ1) is 6.29. The third-order valence-electron chi connectivity index (χ3n) is 2.18. The first-order valence-corrected chi connectivity index (χ1v) is 4.37. The molecular weight excluding hydrogens is 166 g/mol. The predicted molar refractivity (Wildman–Crippen MR) is 48.4 cm³/mol. The number of hydrogen-bond donors (Lipinski definition) is 0. The van der Waals surface area contributed by atoms with Crippen LogP contribution in [0, 0.1) is 6.92 Å². The van der Waals surface area contributed by atoms with E-state index < -0.39 is 0 Å². The highest BCUT2D eigenvalue weighted by atomic mass is 16.2. The number of aromatic nitrogens is 2. The first kappa shape index (κ1) is 8.16. The van der Waals surface area contributed by atoms with E-state index >= 15 is 0 Å². The number of nitrogens with zero attached hydrogens (tertiary/aromatic N) is 3. The van der Waals surface area contributed by atoms with E-state index in [0.717, 1.165) is 18.7 Å². The summed E-state index contributed by atoms with van der Waals surface area (Å²) in [6, 6.07) is 0. The lowest BCUT2D eigenvalue weighted by atomic mass is 10.4. The summed E-state index contributed by atoms with van der Waals surface area (Å²) in [5, 5.41) is 0. The van der Waals surface area contributed by atoms with E-state index in [9.17, 15) is 4.79 Å². The minimum atomic E-state index is 0.156. The highest BCUT2D eigenvalue weighted by Gasteiger charge is 2.23. The molecule has 1 fully saturated rings. The van der Waals surface area contributed by atoms with Crippen molar-refractivity contribution in [3.8, 4) is 0 Å². The van der Waals surface area contributed by atoms with Crippen molar-refractivity contribution in [2.45, 2.75) is 19.8 Å². The molecule has 4 nitrogen and oxygen atoms in total. The van der Waals surface area contributed by atoms with Gasteiger partial charge in [-0.05, 0) is 13.3 Å². The second-order valence-corrected chi connectivity index (χ2v) is 3.11. The molecule has 1 aliphatic heterocycles. The molecule has 1 saturated heterocycles. The molecule has 1 aromatic rings. The summed E-state index contributed by atoms with van der Waals surface area (Å²) in [5.41, 5.74) is 0.817. The van der Waals surface area contributed by atoms with Crippen LogP contribution in [-0.2, 0) is 4.79 Å². The van der Waals surface area contributed by atoms with Crippen molar-refractivity contribution in [2.24, 2.45) is 0 Å². The number of amides is 1. The van der Waals surface area contributed by atoms with Crippen LogP contribution in [-0.4, -0.2) is 22.4 Å². The zero-order valence-electron chi connectivity index (χ0n) is 7.53. The normalized spacial score (nSPS) is 16.7. The Hall–Kier alpha value is -1.45. The van der Waals surface area contributed by atoms with Gasteiger partial charge in [-0.2, -0.15) is 0 Å². The van der Waals surface area contributed by atoms with Crippen LogP contribution < -0.4 is 4.90 Å². The van der Waals surface area contributed by atoms with Crippen molar-refractivity contribution in [2.75, 3.05) is 11.4 Å². The van der Waals surface area contributed by atoms with E-state index in [0.29, 0.717) is 12.2 Å². The first-order valence-electron chi connectivity index (χ1n) is 4.37. The van der Waals surface area contributed by atoms with Gasteiger partial charge in [-0.3, -0.25) is 14.7 Å². The molecule has 0 spiro atoms. The van der Waals surface area contributed by atoms with Crippen molar-refractivity contribution in [3.05, 3.63) is 18.1 Å². The van der Waals surface area contributed by atoms with E-state index in [1.165, 1.54) is 0 Å². The van der Waals surface area contributed by atoms with Crippen LogP contribution in [0.2, 0.25) is 0 Å². The maximum absolute atomic E-state index is 11.4. The summed E-state index contributed by atoms with van der Waals surface area (Å²) in [6.07, 6.45) is 4.82. The molecule has 1 aliphatic rings. The second kappa shape index (κ2) is 3.12. The summed E-state index contributed by atoms with van der Waals surface area (Å²) in [4.78, 5) is 21.4. The Bertz CT molecular complexity index is 337. The Morgan fingerprint density at radius 2 is 2.15 bits per heavy atom. The summed E-state index contributed by atoms with van der Waals surface area (Å²) in [6.45, 7) is 2.65. The van der Waals surface area contributed by atoms with Gasteiger partial charge in [-0.15, -0.1) is 0 Å². The van der Waals surface area contributed by atoms with Gasteiger partial charge in [0.2, 0.25) is 5.91 Å². The van der Waals surface area contributed by atoms with Gasteiger partial charge >= 0.3 is 0 Å². The molecule has 2 heterocycles. The number of carbonyl (C=O) groups excluding carboxylic acids is 1. The minimum Gasteiger partial charge on any atom is -0.295 e. The number of rotatable bonds is 1. The Balaban J connectivity index is 2.34. The van der Waals surface area contributed by atoms with Gasteiger partial charge in [0.05, 0.1) is 5.69 Å². The number of aryl methyl sites for hydroxylation is 1. The van der Waals surface area contributed by atoms with Crippen molar-refractivity contribution in [1.29, 1.82) is 0 Å². The number of hydrogen-bond acceptors (Lipinski definition) is 3. The zero-order chi connectivity index (χ0) is 9.26. The molecule has 0 aromatic carbocycles. The average molecular weight is 177 g/mol. The maximum atomic E-state index is 11.4. The lowest BCUT2D eigenvalue weighted by Gasteiger charge is -2.15. The lowest BCUT2D eigenvalue weighted by Crippen LogP contribution is -2.25. The quantitative estimate of drug-likeness (QED) is 0.640. The molecule has 0 unspecified atom stereocenters. The smallest absolute Gasteiger partial charge is 0.228 e. The van der Waals surface area contributed by atoms with Gasteiger partial charge < -0.3 is 0 Å². The van der Waals surface area contributed by atoms with Crippen LogP contribution in [0.4, 0.5) is 5.82 Å². The highest BCUT2D eigenvalue weighted by Crippen LogP contribution is 2.20. The summed E-state index contributed by atoms with van der Waals surface area (Å²) < 4.78 is 0. The third kappa shape index (κ3) is 1.39. The molecule has 13 heavy (non-hydrogen) atoms. The van der Waals surface area contributed by atoms with Gasteiger partial charge in [0.1, 0.15) is 0 Å². The number of carbonyl (C=O) groups is 1. The van der Waals surface area contributed by atoms with Gasteiger partial charge in [0.15, 0.2) is 5.82 Å². The van der Waals surface area contributed by atoms with E-state index in [-0.39, 0.29) is 5.91 Å². The molecule has 0 atom stereocenters. The average Bonchev–Trinajstić information content (AvgIpc) is 2.52. The Morgan fingerprint density at radius 1 is 1.38 bits per heavy atom. The van der Waals surface area contributed by atoms with Gasteiger partial charge in [0, 0.05) is 25.4 Å². The standard InChI is InChI=1S/C9H11N3O/c1-7-9(11-5-4-10-7)12-6-2-3-8(12)13/h4-5H,2-3,6H2,1H3. The maximum Gasteiger partial charge on any atom is 0.228 e. The van der Waals surface area contributed by atoms with E-state index in [1.807, 2.05) is 6.92 Å². The third-order valence-corrected chi connectivity index (χ3v) is 2.18. The van der Waals surface area contributed by atoms with Crippen molar-refractivity contribution in [1.82, 2.24) is 9.97 Å². The predicted octanol–water partition coefficient (Wildman–Crippen LogP) is 0.912. The Labute approximate surface area is 76.6 Å². The Kier molecular flexibility index (Phi) is 1.96. The summed E-state index contributed by atoms with van der Waals surface area (Å²) in [5.74, 6) is 0.869. The molecule has 0 bridgehead atoms. The fourth-order valence-electron chi connectivity index (χ4n) is 1.54. The lowest BCUT2D eigenvalue weighted by molar-refractivity contribution is -0.117. The molecule has 0 N–H and O–H groups in total. The largest absolute Gasteiger partial charge is 0.295 e. The van der Waals surface area contributed by atoms with Crippen LogP contribution in [0.1, 0.15) is 18.5 Å². The van der Waals surface area contributed by atoms with E-state index in [4.69, 9.17) is 0 Å². The molecule has 4 heteroatoms. The molecule has 0 saturated carbocycles. The van der Waals surface area contributed by atoms with Gasteiger partial charge in [0.25, 0.3) is 0 Å². The van der Waals surface area contributed by atoms with Crippen LogP contribution in [0.3, 0.4) is 0 Å². The molecule has 1 amide bonds. The SMILES string of the molecule is Cc1nccnc1N1CCCC1=O. The molecule has 1 aromatic heterocycles. The molecule has 2 rings (SSSR count). The fourth-order valence-corrected chi connectivity index (χ4v) is 1.54. The van der Waals surface area contributed by atoms with Crippen LogP contribution >= 0.6 is 0 Å². The van der Waals surface area contributed by atoms with Crippen LogP contribution in [0.15, 0.2) is 12.4 Å². The molecular formula is C9H11N3O. The van der Waals surface area contributed by atoms with Gasteiger partial charge in [-0.25, -0.2) is 4.98 Å². The van der Waals surface area contributed by atoms with Crippen molar-refractivity contribution in [3.63, 3.8) is 0 Å². The molecule has 0 radical (unpaired) electrons. The highest BCUT2D eigenvalue weighted by molar-refractivity contribution is 5.94. The van der Waals surface area contributed by atoms with Crippen molar-refractivity contribution < 1.29 is 4.79 Å². The second-order valence-electron chi connectivity index (χ2n) is 3.11. The van der Waals surface area contributed by atoms with Crippen LogP contribution in [0.5, 0.6) is 0 Å². The molecule has 0 aliphatic carbocycles. The summed E-state index contributed by atoms with van der Waals surface area (Å²) >= 11 is 0. The van der Waals surface area contributed by atoms with E-state index in [1.54, 1.807) is 17.3 Å². The van der Waals surface area contributed by atoms with E-state index in [2.05, 4.69) is 9.97 Å². The Morgan fingerprint density at radius 3 is 2.77 bits per heavy atom. The minimum absolute atomic E-state index is 0.156. The summed E-state index contributed by atoms with van der Waals surface area (Å²) in [7, 11) is 0. The topological polar surface area (TPSA) is 46.1 Å². The van der Waals surface area contributed by atoms with Crippen LogP contribution in [0.25, 0.3) is 0 Å². The van der Waals surface area contributed by atoms with Gasteiger partial charge in [-0.1, -0.05) is 0 Å².